The van der Waals surface area contributed by atoms with E-state index in [1.54, 1.807) is 17.2 Å². The van der Waals surface area contributed by atoms with Crippen LogP contribution in [-0.4, -0.2) is 56.7 Å². The van der Waals surface area contributed by atoms with Crippen molar-refractivity contribution in [3.8, 4) is 5.69 Å². The lowest BCUT2D eigenvalue weighted by Gasteiger charge is -2.35. The van der Waals surface area contributed by atoms with Crippen molar-refractivity contribution >= 4 is 34.4 Å². The Morgan fingerprint density at radius 1 is 1.00 bits per heavy atom. The number of carbonyl (C=O) groups is 1. The van der Waals surface area contributed by atoms with E-state index in [0.717, 1.165) is 33.7 Å². The van der Waals surface area contributed by atoms with E-state index >= 15 is 0 Å². The molecule has 0 aliphatic carbocycles. The molecule has 7 nitrogen and oxygen atoms in total. The number of halogens is 1. The molecular weight excluding hydrogens is 412 g/mol. The van der Waals surface area contributed by atoms with Gasteiger partial charge >= 0.3 is 0 Å². The molecule has 0 N–H and O–H groups in total. The summed E-state index contributed by atoms with van der Waals surface area (Å²) >= 11 is 6.14. The number of nitrogens with zero attached hydrogens (tertiary/aromatic N) is 6. The Hall–Kier alpha value is -3.45. The fourth-order valence-electron chi connectivity index (χ4n) is 3.96. The number of aryl methyl sites for hydroxylation is 1. The SMILES string of the molecule is Cc1cccc(C(=O)N2CCN(c3ncnc4c3cnn4-c3cccc(Cl)c3)CC2)c1. The highest BCUT2D eigenvalue weighted by Gasteiger charge is 2.25. The van der Waals surface area contributed by atoms with Crippen molar-refractivity contribution in [1.82, 2.24) is 24.6 Å². The van der Waals surface area contributed by atoms with Crippen LogP contribution in [-0.2, 0) is 0 Å². The lowest BCUT2D eigenvalue weighted by atomic mass is 10.1. The molecule has 0 radical (unpaired) electrons. The van der Waals surface area contributed by atoms with Gasteiger partial charge in [0.2, 0.25) is 0 Å². The van der Waals surface area contributed by atoms with E-state index in [1.165, 1.54) is 0 Å². The number of aromatic nitrogens is 4. The van der Waals surface area contributed by atoms with Crippen molar-refractivity contribution in [2.75, 3.05) is 31.1 Å². The average Bonchev–Trinajstić information content (AvgIpc) is 3.23. The quantitative estimate of drug-likeness (QED) is 0.493. The van der Waals surface area contributed by atoms with Crippen molar-refractivity contribution in [2.45, 2.75) is 6.92 Å². The lowest BCUT2D eigenvalue weighted by Crippen LogP contribution is -2.49. The predicted molar refractivity (Wildman–Crippen MR) is 121 cm³/mol. The summed E-state index contributed by atoms with van der Waals surface area (Å²) in [6, 6.07) is 15.2. The minimum absolute atomic E-state index is 0.0740. The highest BCUT2D eigenvalue weighted by molar-refractivity contribution is 6.30. The summed E-state index contributed by atoms with van der Waals surface area (Å²) in [6.45, 7) is 4.68. The molecule has 2 aromatic carbocycles. The van der Waals surface area contributed by atoms with Crippen molar-refractivity contribution in [3.05, 3.63) is 77.2 Å². The zero-order chi connectivity index (χ0) is 21.4. The van der Waals surface area contributed by atoms with Gasteiger partial charge in [-0.1, -0.05) is 35.4 Å². The number of amides is 1. The van der Waals surface area contributed by atoms with Crippen LogP contribution >= 0.6 is 11.6 Å². The average molecular weight is 433 g/mol. The van der Waals surface area contributed by atoms with Gasteiger partial charge in [-0.25, -0.2) is 14.6 Å². The molecule has 5 rings (SSSR count). The summed E-state index contributed by atoms with van der Waals surface area (Å²) in [6.07, 6.45) is 3.35. The van der Waals surface area contributed by atoms with E-state index in [1.807, 2.05) is 60.4 Å². The molecule has 2 aromatic heterocycles. The third-order valence-electron chi connectivity index (χ3n) is 5.53. The normalized spacial score (nSPS) is 14.3. The minimum atomic E-state index is 0.0740. The Bertz CT molecular complexity index is 1260. The first-order chi connectivity index (χ1) is 15.1. The van der Waals surface area contributed by atoms with Gasteiger partial charge in [-0.3, -0.25) is 4.79 Å². The zero-order valence-electron chi connectivity index (χ0n) is 17.1. The van der Waals surface area contributed by atoms with Gasteiger partial charge in [0.1, 0.15) is 12.1 Å². The van der Waals surface area contributed by atoms with Crippen LogP contribution in [0.1, 0.15) is 15.9 Å². The molecule has 0 saturated carbocycles. The van der Waals surface area contributed by atoms with Crippen LogP contribution in [0.5, 0.6) is 0 Å². The summed E-state index contributed by atoms with van der Waals surface area (Å²) in [4.78, 5) is 25.9. The van der Waals surface area contributed by atoms with Crippen LogP contribution in [0.4, 0.5) is 5.82 Å². The third-order valence-corrected chi connectivity index (χ3v) is 5.76. The third kappa shape index (κ3) is 3.72. The topological polar surface area (TPSA) is 67.2 Å². The zero-order valence-corrected chi connectivity index (χ0v) is 17.8. The van der Waals surface area contributed by atoms with Crippen LogP contribution in [0.2, 0.25) is 5.02 Å². The second kappa shape index (κ2) is 8.00. The van der Waals surface area contributed by atoms with Gasteiger partial charge in [-0.15, -0.1) is 0 Å². The second-order valence-corrected chi connectivity index (χ2v) is 8.06. The number of rotatable bonds is 3. The predicted octanol–water partition coefficient (Wildman–Crippen LogP) is 3.74. The Labute approximate surface area is 184 Å². The fraction of sp³-hybridized carbons (Fsp3) is 0.217. The van der Waals surface area contributed by atoms with Gasteiger partial charge in [0.25, 0.3) is 5.91 Å². The number of carbonyl (C=O) groups excluding carboxylic acids is 1. The van der Waals surface area contributed by atoms with E-state index < -0.39 is 0 Å². The Balaban J connectivity index is 1.37. The molecule has 0 unspecified atom stereocenters. The summed E-state index contributed by atoms with van der Waals surface area (Å²) in [7, 11) is 0. The van der Waals surface area contributed by atoms with Gasteiger partial charge in [-0.05, 0) is 37.3 Å². The smallest absolute Gasteiger partial charge is 0.253 e. The number of benzene rings is 2. The van der Waals surface area contributed by atoms with E-state index in [2.05, 4.69) is 20.0 Å². The number of hydrogen-bond donors (Lipinski definition) is 0. The van der Waals surface area contributed by atoms with Gasteiger partial charge in [-0.2, -0.15) is 5.10 Å². The molecule has 8 heteroatoms. The Kier molecular flexibility index (Phi) is 5.03. The molecule has 1 fully saturated rings. The monoisotopic (exact) mass is 432 g/mol. The van der Waals surface area contributed by atoms with Gasteiger partial charge in [0, 0.05) is 36.8 Å². The molecule has 1 amide bonds. The van der Waals surface area contributed by atoms with Crippen molar-refractivity contribution in [3.63, 3.8) is 0 Å². The first-order valence-corrected chi connectivity index (χ1v) is 10.5. The number of fused-ring (bicyclic) bond motifs is 1. The molecule has 4 aromatic rings. The van der Waals surface area contributed by atoms with E-state index in [0.29, 0.717) is 31.2 Å². The van der Waals surface area contributed by atoms with Crippen LogP contribution in [0, 0.1) is 6.92 Å². The highest BCUT2D eigenvalue weighted by atomic mass is 35.5. The lowest BCUT2D eigenvalue weighted by molar-refractivity contribution is 0.0746. The minimum Gasteiger partial charge on any atom is -0.352 e. The molecule has 0 bridgehead atoms. The Morgan fingerprint density at radius 2 is 1.81 bits per heavy atom. The van der Waals surface area contributed by atoms with Crippen molar-refractivity contribution in [1.29, 1.82) is 0 Å². The maximum atomic E-state index is 12.9. The molecule has 3 heterocycles. The molecule has 31 heavy (non-hydrogen) atoms. The molecule has 156 valence electrons. The van der Waals surface area contributed by atoms with E-state index in [4.69, 9.17) is 11.6 Å². The number of piperazine rings is 1. The first-order valence-electron chi connectivity index (χ1n) is 10.2. The molecule has 0 atom stereocenters. The highest BCUT2D eigenvalue weighted by Crippen LogP contribution is 2.26. The summed E-state index contributed by atoms with van der Waals surface area (Å²) in [5.41, 5.74) is 3.40. The second-order valence-electron chi connectivity index (χ2n) is 7.62. The van der Waals surface area contributed by atoms with E-state index in [9.17, 15) is 4.79 Å². The molecule has 0 spiro atoms. The molecular formula is C23H21ClN6O. The van der Waals surface area contributed by atoms with Gasteiger partial charge in [0.15, 0.2) is 5.65 Å². The first kappa shape index (κ1) is 19.5. The number of hydrogen-bond acceptors (Lipinski definition) is 5. The van der Waals surface area contributed by atoms with Crippen LogP contribution < -0.4 is 4.90 Å². The number of anilines is 1. The molecule has 1 aliphatic heterocycles. The molecule has 1 saturated heterocycles. The fourth-order valence-corrected chi connectivity index (χ4v) is 4.15. The van der Waals surface area contributed by atoms with Crippen molar-refractivity contribution < 1.29 is 4.79 Å². The van der Waals surface area contributed by atoms with Crippen LogP contribution in [0.25, 0.3) is 16.7 Å². The summed E-state index contributed by atoms with van der Waals surface area (Å²) in [5.74, 6) is 0.908. The van der Waals surface area contributed by atoms with Crippen molar-refractivity contribution in [2.24, 2.45) is 0 Å². The van der Waals surface area contributed by atoms with E-state index in [-0.39, 0.29) is 5.91 Å². The summed E-state index contributed by atoms with van der Waals surface area (Å²) in [5, 5.41) is 6.04. The maximum Gasteiger partial charge on any atom is 0.253 e. The van der Waals surface area contributed by atoms with Crippen LogP contribution in [0.3, 0.4) is 0 Å². The van der Waals surface area contributed by atoms with Gasteiger partial charge < -0.3 is 9.80 Å². The van der Waals surface area contributed by atoms with Crippen LogP contribution in [0.15, 0.2) is 61.1 Å². The Morgan fingerprint density at radius 3 is 2.58 bits per heavy atom. The standard InChI is InChI=1S/C23H21ClN6O/c1-16-4-2-5-17(12-16)23(31)29-10-8-28(9-11-29)21-20-14-27-30(22(20)26-15-25-21)19-7-3-6-18(24)13-19/h2-7,12-15H,8-11H2,1H3. The van der Waals surface area contributed by atoms with Gasteiger partial charge in [0.05, 0.1) is 17.3 Å². The summed E-state index contributed by atoms with van der Waals surface area (Å²) < 4.78 is 1.77. The largest absolute Gasteiger partial charge is 0.352 e. The maximum absolute atomic E-state index is 12.9. The molecule has 1 aliphatic rings.